The lowest BCUT2D eigenvalue weighted by molar-refractivity contribution is 0.101. The summed E-state index contributed by atoms with van der Waals surface area (Å²) in [5, 5.41) is 8.19. The number of ether oxygens (including phenoxy) is 1. The van der Waals surface area contributed by atoms with Crippen LogP contribution in [0, 0.1) is 6.92 Å². The molecule has 3 aromatic carbocycles. The van der Waals surface area contributed by atoms with Gasteiger partial charge in [-0.05, 0) is 60.5 Å². The van der Waals surface area contributed by atoms with Gasteiger partial charge in [-0.3, -0.25) is 14.9 Å². The normalized spacial score (nSPS) is 12.0. The molecule has 0 unspecified atom stereocenters. The molecule has 4 aromatic rings. The first-order valence-electron chi connectivity index (χ1n) is 10.6. The maximum absolute atomic E-state index is 12.9. The molecule has 0 spiro atoms. The number of aryl methyl sites for hydroxylation is 1. The van der Waals surface area contributed by atoms with E-state index in [9.17, 15) is 9.59 Å². The number of aromatic nitrogens is 1. The molecule has 0 fully saturated rings. The highest BCUT2D eigenvalue weighted by Crippen LogP contribution is 2.32. The average Bonchev–Trinajstić information content (AvgIpc) is 3.50. The van der Waals surface area contributed by atoms with Gasteiger partial charge in [0.25, 0.3) is 11.8 Å². The molecule has 0 radical (unpaired) electrons. The minimum absolute atomic E-state index is 0.222. The molecule has 33 heavy (non-hydrogen) atoms. The Bertz CT molecular complexity index is 1350. The van der Waals surface area contributed by atoms with Crippen molar-refractivity contribution in [1.29, 1.82) is 0 Å². The highest BCUT2D eigenvalue weighted by atomic mass is 32.1. The second kappa shape index (κ2) is 8.88. The quantitative estimate of drug-likeness (QED) is 0.413. The van der Waals surface area contributed by atoms with E-state index in [0.717, 1.165) is 29.0 Å². The van der Waals surface area contributed by atoms with E-state index in [1.54, 1.807) is 24.3 Å². The minimum atomic E-state index is -0.284. The van der Waals surface area contributed by atoms with Gasteiger partial charge in [0.05, 0.1) is 12.3 Å². The number of thiazole rings is 1. The lowest BCUT2D eigenvalue weighted by Gasteiger charge is -2.10. The molecule has 7 heteroatoms. The van der Waals surface area contributed by atoms with Crippen LogP contribution in [0.2, 0.25) is 0 Å². The largest absolute Gasteiger partial charge is 0.493 e. The fourth-order valence-electron chi connectivity index (χ4n) is 3.66. The van der Waals surface area contributed by atoms with Crippen molar-refractivity contribution in [2.24, 2.45) is 0 Å². The number of benzene rings is 3. The highest BCUT2D eigenvalue weighted by molar-refractivity contribution is 7.14. The van der Waals surface area contributed by atoms with Crippen LogP contribution in [0.15, 0.2) is 72.1 Å². The minimum Gasteiger partial charge on any atom is -0.493 e. The topological polar surface area (TPSA) is 80.3 Å². The Morgan fingerprint density at radius 3 is 2.61 bits per heavy atom. The Kier molecular flexibility index (Phi) is 5.62. The van der Waals surface area contributed by atoms with E-state index in [1.165, 1.54) is 16.9 Å². The zero-order valence-electron chi connectivity index (χ0n) is 17.9. The Morgan fingerprint density at radius 1 is 0.939 bits per heavy atom. The van der Waals surface area contributed by atoms with Crippen LogP contribution in [-0.4, -0.2) is 23.4 Å². The third-order valence-corrected chi connectivity index (χ3v) is 6.25. The summed E-state index contributed by atoms with van der Waals surface area (Å²) < 4.78 is 5.56. The number of nitrogens with one attached hydrogen (secondary N) is 2. The number of hydrogen-bond donors (Lipinski definition) is 2. The summed E-state index contributed by atoms with van der Waals surface area (Å²) in [6.07, 6.45) is 0.896. The number of anilines is 2. The van der Waals surface area contributed by atoms with E-state index in [-0.39, 0.29) is 11.8 Å². The molecule has 0 bridgehead atoms. The van der Waals surface area contributed by atoms with Crippen LogP contribution in [0.4, 0.5) is 10.8 Å². The smallest absolute Gasteiger partial charge is 0.257 e. The predicted molar refractivity (Wildman–Crippen MR) is 130 cm³/mol. The average molecular weight is 456 g/mol. The van der Waals surface area contributed by atoms with E-state index in [0.29, 0.717) is 28.6 Å². The van der Waals surface area contributed by atoms with Crippen LogP contribution in [0.1, 0.15) is 31.8 Å². The molecule has 0 saturated carbocycles. The first kappa shape index (κ1) is 20.9. The van der Waals surface area contributed by atoms with Crippen molar-refractivity contribution >= 4 is 34.0 Å². The summed E-state index contributed by atoms with van der Waals surface area (Å²) >= 11 is 1.37. The van der Waals surface area contributed by atoms with Crippen molar-refractivity contribution in [3.05, 3.63) is 94.4 Å². The zero-order valence-corrected chi connectivity index (χ0v) is 18.7. The summed E-state index contributed by atoms with van der Waals surface area (Å²) in [6.45, 7) is 2.60. The lowest BCUT2D eigenvalue weighted by atomic mass is 10.1. The first-order valence-corrected chi connectivity index (χ1v) is 11.4. The molecular weight excluding hydrogens is 434 g/mol. The Morgan fingerprint density at radius 2 is 1.76 bits per heavy atom. The third kappa shape index (κ3) is 4.49. The van der Waals surface area contributed by atoms with Gasteiger partial charge in [0.2, 0.25) is 0 Å². The molecule has 6 nitrogen and oxygen atoms in total. The SMILES string of the molecule is Cc1ccc(C(=O)Nc2nc(-c3ccc4c(c3)CCO4)cs2)cc1NC(=O)c1ccccc1. The van der Waals surface area contributed by atoms with Crippen molar-refractivity contribution < 1.29 is 14.3 Å². The molecule has 2 amide bonds. The van der Waals surface area contributed by atoms with E-state index in [4.69, 9.17) is 4.74 Å². The number of hydrogen-bond acceptors (Lipinski definition) is 5. The van der Waals surface area contributed by atoms with Gasteiger partial charge in [-0.25, -0.2) is 4.98 Å². The fraction of sp³-hybridized carbons (Fsp3) is 0.115. The molecule has 0 saturated heterocycles. The van der Waals surface area contributed by atoms with Crippen molar-refractivity contribution in [3.8, 4) is 17.0 Å². The predicted octanol–water partition coefficient (Wildman–Crippen LogP) is 5.56. The van der Waals surface area contributed by atoms with Gasteiger partial charge in [-0.2, -0.15) is 0 Å². The molecule has 5 rings (SSSR count). The van der Waals surface area contributed by atoms with E-state index in [1.807, 2.05) is 48.7 Å². The summed E-state index contributed by atoms with van der Waals surface area (Å²) in [7, 11) is 0. The van der Waals surface area contributed by atoms with Gasteiger partial charge in [0, 0.05) is 34.2 Å². The maximum atomic E-state index is 12.9. The number of carbonyl (C=O) groups is 2. The summed E-state index contributed by atoms with van der Waals surface area (Å²) in [6, 6.07) is 20.2. The van der Waals surface area contributed by atoms with Crippen LogP contribution in [0.25, 0.3) is 11.3 Å². The number of fused-ring (bicyclic) bond motifs is 1. The molecule has 1 aliphatic heterocycles. The Hall–Kier alpha value is -3.97. The summed E-state index contributed by atoms with van der Waals surface area (Å²) in [5.74, 6) is 0.422. The number of amides is 2. The molecule has 164 valence electrons. The van der Waals surface area contributed by atoms with Crippen LogP contribution in [0.5, 0.6) is 5.75 Å². The molecular formula is C26H21N3O3S. The van der Waals surface area contributed by atoms with Crippen molar-refractivity contribution in [2.75, 3.05) is 17.2 Å². The summed E-state index contributed by atoms with van der Waals surface area (Å²) in [5.41, 5.74) is 5.44. The van der Waals surface area contributed by atoms with Gasteiger partial charge in [-0.15, -0.1) is 11.3 Å². The lowest BCUT2D eigenvalue weighted by Crippen LogP contribution is -2.15. The second-order valence-corrected chi connectivity index (χ2v) is 8.62. The van der Waals surface area contributed by atoms with Crippen LogP contribution < -0.4 is 15.4 Å². The number of nitrogens with zero attached hydrogens (tertiary/aromatic N) is 1. The van der Waals surface area contributed by atoms with Crippen LogP contribution >= 0.6 is 11.3 Å². The van der Waals surface area contributed by atoms with Gasteiger partial charge >= 0.3 is 0 Å². The molecule has 2 heterocycles. The van der Waals surface area contributed by atoms with Gasteiger partial charge in [-0.1, -0.05) is 24.3 Å². The molecule has 0 aliphatic carbocycles. The van der Waals surface area contributed by atoms with Crippen LogP contribution in [0.3, 0.4) is 0 Å². The highest BCUT2D eigenvalue weighted by Gasteiger charge is 2.16. The van der Waals surface area contributed by atoms with E-state index in [2.05, 4.69) is 21.7 Å². The first-order chi connectivity index (χ1) is 16.1. The van der Waals surface area contributed by atoms with Gasteiger partial charge in [0.1, 0.15) is 5.75 Å². The number of carbonyl (C=O) groups excluding carboxylic acids is 2. The standard InChI is InChI=1S/C26H21N3O3S/c1-16-7-8-20(14-21(16)27-24(30)17-5-3-2-4-6-17)25(31)29-26-28-22(15-33-26)18-9-10-23-19(13-18)11-12-32-23/h2-10,13-15H,11-12H2,1H3,(H,27,30)(H,28,29,31). The fourth-order valence-corrected chi connectivity index (χ4v) is 4.38. The number of rotatable bonds is 5. The molecule has 0 atom stereocenters. The summed E-state index contributed by atoms with van der Waals surface area (Å²) in [4.78, 5) is 30.0. The van der Waals surface area contributed by atoms with Crippen molar-refractivity contribution in [2.45, 2.75) is 13.3 Å². The third-order valence-electron chi connectivity index (χ3n) is 5.49. The monoisotopic (exact) mass is 455 g/mol. The second-order valence-electron chi connectivity index (χ2n) is 7.76. The van der Waals surface area contributed by atoms with Gasteiger partial charge in [0.15, 0.2) is 5.13 Å². The van der Waals surface area contributed by atoms with E-state index >= 15 is 0 Å². The van der Waals surface area contributed by atoms with E-state index < -0.39 is 0 Å². The van der Waals surface area contributed by atoms with Crippen LogP contribution in [-0.2, 0) is 6.42 Å². The molecule has 1 aliphatic rings. The zero-order chi connectivity index (χ0) is 22.8. The molecule has 1 aromatic heterocycles. The van der Waals surface area contributed by atoms with Gasteiger partial charge < -0.3 is 10.1 Å². The maximum Gasteiger partial charge on any atom is 0.257 e. The van der Waals surface area contributed by atoms with Crippen molar-refractivity contribution in [3.63, 3.8) is 0 Å². The Labute approximate surface area is 195 Å². The molecule has 2 N–H and O–H groups in total. The Balaban J connectivity index is 1.30. The van der Waals surface area contributed by atoms with Crippen molar-refractivity contribution in [1.82, 2.24) is 4.98 Å².